The van der Waals surface area contributed by atoms with Gasteiger partial charge in [-0.1, -0.05) is 46.3 Å². The van der Waals surface area contributed by atoms with Crippen LogP contribution in [0.25, 0.3) is 0 Å². The van der Waals surface area contributed by atoms with E-state index in [2.05, 4.69) is 40.7 Å². The molecule has 0 aromatic heterocycles. The number of carbonyl (C=O) groups excluding carboxylic acids is 3. The second-order valence-electron chi connectivity index (χ2n) is 24.4. The monoisotopic (exact) mass is 995 g/mol. The number of ether oxygens (including phenoxy) is 6. The lowest BCUT2D eigenvalue weighted by molar-refractivity contribution is -0.358. The van der Waals surface area contributed by atoms with Gasteiger partial charge in [0.25, 0.3) is 0 Å². The first kappa shape index (κ1) is 55.0. The Morgan fingerprint density at radius 1 is 0.700 bits per heavy atom. The molecule has 0 spiro atoms. The fraction of sp³-hybridized carbons (Fsp3) is 0.885. The summed E-state index contributed by atoms with van der Waals surface area (Å²) in [5.41, 5.74) is -3.07. The zero-order chi connectivity index (χ0) is 52.2. The number of hydrogen-bond acceptors (Lipinski definition) is 17. The maximum absolute atomic E-state index is 15.4. The van der Waals surface area contributed by atoms with Crippen LogP contribution < -0.4 is 0 Å². The highest BCUT2D eigenvalue weighted by Gasteiger charge is 2.72. The minimum Gasteiger partial charge on any atom is -0.481 e. The van der Waals surface area contributed by atoms with E-state index in [4.69, 9.17) is 28.4 Å². The Bertz CT molecular complexity index is 2030. The van der Waals surface area contributed by atoms with Crippen LogP contribution in [-0.4, -0.2) is 151 Å². The van der Waals surface area contributed by atoms with Crippen LogP contribution in [-0.2, 0) is 47.6 Å². The predicted octanol–water partition coefficient (Wildman–Crippen LogP) is 3.54. The Kier molecular flexibility index (Phi) is 15.1. The van der Waals surface area contributed by atoms with E-state index in [0.717, 1.165) is 5.57 Å². The van der Waals surface area contributed by atoms with Gasteiger partial charge in [-0.3, -0.25) is 19.2 Å². The highest BCUT2D eigenvalue weighted by molar-refractivity contribution is 5.79. The molecule has 398 valence electrons. The quantitative estimate of drug-likeness (QED) is 0.0835. The van der Waals surface area contributed by atoms with Crippen molar-refractivity contribution in [2.24, 2.45) is 62.1 Å². The van der Waals surface area contributed by atoms with Gasteiger partial charge in [-0.05, 0) is 146 Å². The van der Waals surface area contributed by atoms with Crippen molar-refractivity contribution < 1.29 is 88.5 Å². The van der Waals surface area contributed by atoms with Gasteiger partial charge in [0.1, 0.15) is 30.5 Å². The molecular weight excluding hydrogens is 913 g/mol. The summed E-state index contributed by atoms with van der Waals surface area (Å²) in [6.07, 6.45) is -12.9. The fourth-order valence-corrected chi connectivity index (χ4v) is 14.6. The molecule has 7 rings (SSSR count). The second kappa shape index (κ2) is 19.2. The van der Waals surface area contributed by atoms with Gasteiger partial charge in [-0.2, -0.15) is 0 Å². The number of carbonyl (C=O) groups is 4. The van der Waals surface area contributed by atoms with E-state index in [1.807, 2.05) is 0 Å². The molecule has 0 amide bonds. The van der Waals surface area contributed by atoms with Crippen molar-refractivity contribution in [2.45, 2.75) is 227 Å². The Morgan fingerprint density at radius 3 is 1.96 bits per heavy atom. The first-order chi connectivity index (χ1) is 32.3. The molecule has 70 heavy (non-hydrogen) atoms. The molecule has 0 aromatic carbocycles. The standard InChI is InChI=1S/C52H82O18/c1-23(25(3)53)41(60)65-26(4)24(2)42(61)68-38-28(6)67-44(39(37(38)58)69-43-36(57)35(56)34(55)27(5)66-43)70-46(64)52-19-17-47(7,8)21-30(52)29-13-14-32-48(9)22-31(54)40(59)51(12,45(62)63)33(48)15-16-50(32,11)49(29,10)18-20-52/h13,23-28,30-40,43-44,53-59H,14-22H2,1-12H3,(H,62,63). The summed E-state index contributed by atoms with van der Waals surface area (Å²) >= 11 is 0. The second-order valence-corrected chi connectivity index (χ2v) is 24.4. The molecule has 0 bridgehead atoms. The van der Waals surface area contributed by atoms with Crippen LogP contribution in [0.5, 0.6) is 0 Å². The predicted molar refractivity (Wildman–Crippen MR) is 248 cm³/mol. The number of hydrogen-bond donors (Lipinski definition) is 8. The van der Waals surface area contributed by atoms with Crippen LogP contribution in [0.2, 0.25) is 0 Å². The van der Waals surface area contributed by atoms with Crippen molar-refractivity contribution in [3.8, 4) is 0 Å². The molecule has 2 saturated heterocycles. The third kappa shape index (κ3) is 8.76. The van der Waals surface area contributed by atoms with Gasteiger partial charge in [-0.25, -0.2) is 0 Å². The molecule has 24 unspecified atom stereocenters. The maximum atomic E-state index is 15.4. The summed E-state index contributed by atoms with van der Waals surface area (Å²) in [6.45, 7) is 21.5. The van der Waals surface area contributed by atoms with Gasteiger partial charge in [0, 0.05) is 0 Å². The minimum absolute atomic E-state index is 0.0392. The maximum Gasteiger partial charge on any atom is 0.315 e. The summed E-state index contributed by atoms with van der Waals surface area (Å²) in [7, 11) is 0. The van der Waals surface area contributed by atoms with Crippen molar-refractivity contribution >= 4 is 23.9 Å². The third-order valence-corrected chi connectivity index (χ3v) is 19.9. The van der Waals surface area contributed by atoms with E-state index in [1.165, 1.54) is 41.5 Å². The number of aliphatic carboxylic acids is 1. The van der Waals surface area contributed by atoms with Gasteiger partial charge in [-0.15, -0.1) is 0 Å². The van der Waals surface area contributed by atoms with E-state index in [9.17, 15) is 55.2 Å². The Balaban J connectivity index is 1.19. The molecular formula is C52H82O18. The van der Waals surface area contributed by atoms with E-state index in [0.29, 0.717) is 51.4 Å². The number of aliphatic hydroxyl groups excluding tert-OH is 7. The van der Waals surface area contributed by atoms with Crippen LogP contribution in [0.15, 0.2) is 11.6 Å². The summed E-state index contributed by atoms with van der Waals surface area (Å²) in [4.78, 5) is 54.7. The first-order valence-corrected chi connectivity index (χ1v) is 25.6. The highest BCUT2D eigenvalue weighted by Crippen LogP contribution is 2.76. The summed E-state index contributed by atoms with van der Waals surface area (Å²) in [6, 6.07) is 0. The average molecular weight is 995 g/mol. The Labute approximate surface area is 411 Å². The Hall–Kier alpha value is -2.78. The number of aliphatic hydroxyl groups is 7. The third-order valence-electron chi connectivity index (χ3n) is 19.9. The summed E-state index contributed by atoms with van der Waals surface area (Å²) in [5, 5.41) is 87.4. The number of allylic oxidation sites excluding steroid dienone is 2. The minimum atomic E-state index is -1.82. The lowest BCUT2D eigenvalue weighted by atomic mass is 9.33. The van der Waals surface area contributed by atoms with Crippen molar-refractivity contribution in [1.29, 1.82) is 0 Å². The average Bonchev–Trinajstić information content (AvgIpc) is 3.28. The number of esters is 3. The molecule has 2 heterocycles. The molecule has 0 aromatic rings. The summed E-state index contributed by atoms with van der Waals surface area (Å²) < 4.78 is 36.0. The topological polar surface area (TPSA) is 285 Å². The van der Waals surface area contributed by atoms with Crippen LogP contribution in [0.4, 0.5) is 0 Å². The molecule has 5 aliphatic carbocycles. The number of carboxylic acids is 1. The van der Waals surface area contributed by atoms with E-state index in [1.54, 1.807) is 6.92 Å². The van der Waals surface area contributed by atoms with Crippen molar-refractivity contribution in [3.63, 3.8) is 0 Å². The normalized spacial score (nSPS) is 48.3. The van der Waals surface area contributed by atoms with Crippen LogP contribution in [0, 0.1) is 62.1 Å². The van der Waals surface area contributed by atoms with E-state index < -0.39 is 143 Å². The molecule has 2 aliphatic heterocycles. The molecule has 18 nitrogen and oxygen atoms in total. The number of rotatable bonds is 11. The van der Waals surface area contributed by atoms with Gasteiger partial charge >= 0.3 is 23.9 Å². The summed E-state index contributed by atoms with van der Waals surface area (Å²) in [5.74, 6) is -5.94. The molecule has 7 aliphatic rings. The van der Waals surface area contributed by atoms with Crippen LogP contribution in [0.1, 0.15) is 141 Å². The lowest BCUT2D eigenvalue weighted by Crippen LogP contribution is -2.69. The zero-order valence-corrected chi connectivity index (χ0v) is 43.1. The molecule has 8 N–H and O–H groups in total. The highest BCUT2D eigenvalue weighted by atomic mass is 16.8. The van der Waals surface area contributed by atoms with Crippen LogP contribution in [0.3, 0.4) is 0 Å². The molecule has 0 radical (unpaired) electrons. The zero-order valence-electron chi connectivity index (χ0n) is 43.1. The van der Waals surface area contributed by atoms with E-state index in [-0.39, 0.29) is 35.0 Å². The largest absolute Gasteiger partial charge is 0.481 e. The van der Waals surface area contributed by atoms with E-state index >= 15 is 4.79 Å². The van der Waals surface area contributed by atoms with Crippen molar-refractivity contribution in [2.75, 3.05) is 0 Å². The molecule has 6 fully saturated rings. The SMILES string of the molecule is CC(O)C(C)C(=O)OC(C)C(C)C(=O)OC1C(C)OC(OC(=O)C23CCC(C)(C)CC2C2=CCC4C5(C)CC(O)C(O)C(C)(C(=O)O)C5CCC4(C)C2(C)CC3)C(OC2OC(C)C(O)C(O)C2O)C1O. The lowest BCUT2D eigenvalue weighted by Gasteiger charge is -2.71. The fourth-order valence-electron chi connectivity index (χ4n) is 14.6. The van der Waals surface area contributed by atoms with Crippen molar-refractivity contribution in [3.05, 3.63) is 11.6 Å². The first-order valence-electron chi connectivity index (χ1n) is 25.6. The smallest absolute Gasteiger partial charge is 0.315 e. The van der Waals surface area contributed by atoms with Gasteiger partial charge in [0.15, 0.2) is 18.5 Å². The van der Waals surface area contributed by atoms with Gasteiger partial charge < -0.3 is 69.3 Å². The van der Waals surface area contributed by atoms with Crippen molar-refractivity contribution in [1.82, 2.24) is 0 Å². The number of fused-ring (bicyclic) bond motifs is 7. The van der Waals surface area contributed by atoms with Crippen LogP contribution >= 0.6 is 0 Å². The van der Waals surface area contributed by atoms with Gasteiger partial charge in [0.05, 0.1) is 53.2 Å². The Morgan fingerprint density at radius 2 is 1.33 bits per heavy atom. The number of carboxylic acid groups (broad SMARTS) is 1. The molecule has 4 saturated carbocycles. The van der Waals surface area contributed by atoms with Gasteiger partial charge in [0.2, 0.25) is 6.29 Å². The molecule has 24 atom stereocenters. The molecule has 18 heteroatoms.